The van der Waals surface area contributed by atoms with Crippen LogP contribution < -0.4 is 5.32 Å². The summed E-state index contributed by atoms with van der Waals surface area (Å²) in [6.45, 7) is 3.76. The van der Waals surface area contributed by atoms with E-state index in [4.69, 9.17) is 0 Å². The number of carbonyl (C=O) groups excluding carboxylic acids is 1. The number of piperidine rings is 1. The van der Waals surface area contributed by atoms with Crippen LogP contribution in [0.15, 0.2) is 48.5 Å². The van der Waals surface area contributed by atoms with E-state index in [1.165, 1.54) is 5.56 Å². The Kier molecular flexibility index (Phi) is 5.59. The number of anilines is 1. The van der Waals surface area contributed by atoms with E-state index in [0.717, 1.165) is 5.56 Å². The van der Waals surface area contributed by atoms with Gasteiger partial charge in [0.25, 0.3) is 0 Å². The van der Waals surface area contributed by atoms with Crippen molar-refractivity contribution in [1.29, 1.82) is 0 Å². The molecule has 1 amide bonds. The fourth-order valence-electron chi connectivity index (χ4n) is 3.34. The van der Waals surface area contributed by atoms with Gasteiger partial charge in [-0.25, -0.2) is 0 Å². The molecule has 0 spiro atoms. The van der Waals surface area contributed by atoms with Crippen LogP contribution in [0.4, 0.5) is 5.69 Å². The molecule has 0 aliphatic carbocycles. The summed E-state index contributed by atoms with van der Waals surface area (Å²) < 4.78 is 0. The van der Waals surface area contributed by atoms with E-state index in [0.29, 0.717) is 44.6 Å². The fraction of sp³-hybridized carbons (Fsp3) is 0.381. The average molecular weight is 354 g/mol. The van der Waals surface area contributed by atoms with Gasteiger partial charge in [-0.2, -0.15) is 0 Å². The summed E-state index contributed by atoms with van der Waals surface area (Å²) in [7, 11) is 0. The minimum absolute atomic E-state index is 0.0836. The molecule has 1 heterocycles. The minimum atomic E-state index is -0.695. The molecule has 0 saturated carbocycles. The van der Waals surface area contributed by atoms with E-state index in [-0.39, 0.29) is 11.7 Å². The number of phenols is 1. The van der Waals surface area contributed by atoms with Crippen molar-refractivity contribution < 1.29 is 15.0 Å². The smallest absolute Gasteiger partial charge is 0.238 e. The van der Waals surface area contributed by atoms with E-state index in [1.807, 2.05) is 0 Å². The molecule has 5 heteroatoms. The Hall–Kier alpha value is -2.37. The first-order chi connectivity index (χ1) is 12.4. The van der Waals surface area contributed by atoms with Crippen LogP contribution >= 0.6 is 0 Å². The number of phenolic OH excluding ortho intramolecular Hbond substituents is 1. The SMILES string of the molecule is Cc1ccc(CC2(O)CCN(CC(=O)Nc3ccc(O)cc3)CC2)cc1. The quantitative estimate of drug-likeness (QED) is 0.722. The number of amides is 1. The van der Waals surface area contributed by atoms with E-state index in [9.17, 15) is 15.0 Å². The maximum absolute atomic E-state index is 12.2. The highest BCUT2D eigenvalue weighted by molar-refractivity contribution is 5.92. The summed E-state index contributed by atoms with van der Waals surface area (Å²) in [5.41, 5.74) is 2.34. The Morgan fingerprint density at radius 3 is 2.31 bits per heavy atom. The fourth-order valence-corrected chi connectivity index (χ4v) is 3.34. The first kappa shape index (κ1) is 18.4. The third-order valence-corrected chi connectivity index (χ3v) is 4.96. The first-order valence-electron chi connectivity index (χ1n) is 9.01. The molecule has 0 atom stereocenters. The van der Waals surface area contributed by atoms with Gasteiger partial charge in [0, 0.05) is 25.2 Å². The molecule has 1 aliphatic heterocycles. The molecule has 3 rings (SSSR count). The topological polar surface area (TPSA) is 72.8 Å². The van der Waals surface area contributed by atoms with Crippen LogP contribution in [0.2, 0.25) is 0 Å². The summed E-state index contributed by atoms with van der Waals surface area (Å²) in [5, 5.41) is 23.0. The standard InChI is InChI=1S/C21H26N2O3/c1-16-2-4-17(5-3-16)14-21(26)10-12-23(13-11-21)15-20(25)22-18-6-8-19(24)9-7-18/h2-9,24,26H,10-15H2,1H3,(H,22,25). The van der Waals surface area contributed by atoms with Crippen molar-refractivity contribution in [2.24, 2.45) is 0 Å². The predicted octanol–water partition coefficient (Wildman–Crippen LogP) is 2.71. The van der Waals surface area contributed by atoms with Gasteiger partial charge in [0.2, 0.25) is 5.91 Å². The summed E-state index contributed by atoms with van der Waals surface area (Å²) in [6, 6.07) is 14.7. The van der Waals surface area contributed by atoms with Crippen LogP contribution in [-0.4, -0.2) is 46.3 Å². The van der Waals surface area contributed by atoms with Gasteiger partial charge < -0.3 is 15.5 Å². The number of rotatable bonds is 5. The molecule has 3 N–H and O–H groups in total. The number of carbonyl (C=O) groups is 1. The van der Waals surface area contributed by atoms with Crippen molar-refractivity contribution in [3.63, 3.8) is 0 Å². The van der Waals surface area contributed by atoms with Crippen LogP contribution in [0.25, 0.3) is 0 Å². The monoisotopic (exact) mass is 354 g/mol. The number of nitrogens with one attached hydrogen (secondary N) is 1. The Bertz CT molecular complexity index is 733. The second-order valence-electron chi connectivity index (χ2n) is 7.26. The zero-order valence-corrected chi connectivity index (χ0v) is 15.1. The van der Waals surface area contributed by atoms with Gasteiger partial charge >= 0.3 is 0 Å². The highest BCUT2D eigenvalue weighted by Gasteiger charge is 2.32. The number of benzene rings is 2. The molecule has 5 nitrogen and oxygen atoms in total. The van der Waals surface area contributed by atoms with Gasteiger partial charge in [-0.3, -0.25) is 9.69 Å². The molecule has 1 fully saturated rings. The maximum Gasteiger partial charge on any atom is 0.238 e. The third kappa shape index (κ3) is 5.07. The number of likely N-dealkylation sites (tertiary alicyclic amines) is 1. The predicted molar refractivity (Wildman–Crippen MR) is 102 cm³/mol. The lowest BCUT2D eigenvalue weighted by molar-refractivity contribution is -0.118. The van der Waals surface area contributed by atoms with Crippen molar-refractivity contribution in [3.8, 4) is 5.75 Å². The Balaban J connectivity index is 1.47. The minimum Gasteiger partial charge on any atom is -0.508 e. The van der Waals surface area contributed by atoms with Gasteiger partial charge in [0.15, 0.2) is 0 Å². The molecule has 0 bridgehead atoms. The highest BCUT2D eigenvalue weighted by atomic mass is 16.3. The number of aryl methyl sites for hydroxylation is 1. The van der Waals surface area contributed by atoms with E-state index in [1.54, 1.807) is 24.3 Å². The van der Waals surface area contributed by atoms with Crippen LogP contribution in [0.3, 0.4) is 0 Å². The van der Waals surface area contributed by atoms with Crippen LogP contribution in [0, 0.1) is 6.92 Å². The molecule has 0 aromatic heterocycles. The summed E-state index contributed by atoms with van der Waals surface area (Å²) in [6.07, 6.45) is 1.97. The first-order valence-corrected chi connectivity index (χ1v) is 9.01. The lowest BCUT2D eigenvalue weighted by atomic mass is 9.85. The molecule has 1 aliphatic rings. The number of hydrogen-bond donors (Lipinski definition) is 3. The highest BCUT2D eigenvalue weighted by Crippen LogP contribution is 2.26. The van der Waals surface area contributed by atoms with Crippen molar-refractivity contribution in [2.75, 3.05) is 25.0 Å². The summed E-state index contributed by atoms with van der Waals surface area (Å²) >= 11 is 0. The number of hydrogen-bond acceptors (Lipinski definition) is 4. The van der Waals surface area contributed by atoms with E-state index < -0.39 is 5.60 Å². The van der Waals surface area contributed by atoms with Crippen molar-refractivity contribution in [1.82, 2.24) is 4.90 Å². The lowest BCUT2D eigenvalue weighted by Gasteiger charge is -2.38. The molecule has 138 valence electrons. The second-order valence-corrected chi connectivity index (χ2v) is 7.26. The van der Waals surface area contributed by atoms with Crippen LogP contribution in [-0.2, 0) is 11.2 Å². The third-order valence-electron chi connectivity index (χ3n) is 4.96. The number of nitrogens with zero attached hydrogens (tertiary/aromatic N) is 1. The van der Waals surface area contributed by atoms with Crippen molar-refractivity contribution >= 4 is 11.6 Å². The molecule has 0 radical (unpaired) electrons. The van der Waals surface area contributed by atoms with Crippen molar-refractivity contribution in [3.05, 3.63) is 59.7 Å². The number of aliphatic hydroxyl groups is 1. The molecule has 0 unspecified atom stereocenters. The Morgan fingerprint density at radius 2 is 1.69 bits per heavy atom. The Morgan fingerprint density at radius 1 is 1.08 bits per heavy atom. The summed E-state index contributed by atoms with van der Waals surface area (Å²) in [5.74, 6) is 0.0894. The molecular formula is C21H26N2O3. The largest absolute Gasteiger partial charge is 0.508 e. The molecular weight excluding hydrogens is 328 g/mol. The normalized spacial score (nSPS) is 17.0. The van der Waals surface area contributed by atoms with E-state index in [2.05, 4.69) is 41.4 Å². The van der Waals surface area contributed by atoms with Crippen molar-refractivity contribution in [2.45, 2.75) is 31.8 Å². The zero-order valence-electron chi connectivity index (χ0n) is 15.1. The molecule has 2 aromatic carbocycles. The molecule has 26 heavy (non-hydrogen) atoms. The van der Waals surface area contributed by atoms with Gasteiger partial charge in [0.05, 0.1) is 12.1 Å². The summed E-state index contributed by atoms with van der Waals surface area (Å²) in [4.78, 5) is 14.2. The Labute approximate surface area is 154 Å². The van der Waals surface area contributed by atoms with E-state index >= 15 is 0 Å². The van der Waals surface area contributed by atoms with Gasteiger partial charge in [-0.15, -0.1) is 0 Å². The second kappa shape index (κ2) is 7.89. The van der Waals surface area contributed by atoms with Gasteiger partial charge in [-0.1, -0.05) is 29.8 Å². The number of aromatic hydroxyl groups is 1. The zero-order chi connectivity index (χ0) is 18.6. The average Bonchev–Trinajstić information content (AvgIpc) is 2.61. The maximum atomic E-state index is 12.2. The van der Waals surface area contributed by atoms with Crippen LogP contribution in [0.1, 0.15) is 24.0 Å². The lowest BCUT2D eigenvalue weighted by Crippen LogP contribution is -2.47. The van der Waals surface area contributed by atoms with Gasteiger partial charge in [-0.05, 0) is 49.6 Å². The molecule has 2 aromatic rings. The van der Waals surface area contributed by atoms with Gasteiger partial charge in [0.1, 0.15) is 5.75 Å². The molecule has 1 saturated heterocycles. The van der Waals surface area contributed by atoms with Crippen LogP contribution in [0.5, 0.6) is 5.75 Å².